The molecular weight excluding hydrogens is 425 g/mol. The zero-order valence-corrected chi connectivity index (χ0v) is 18.7. The van der Waals surface area contributed by atoms with Gasteiger partial charge in [-0.1, -0.05) is 20.3 Å². The van der Waals surface area contributed by atoms with E-state index in [1.165, 1.54) is 36.9 Å². The van der Waals surface area contributed by atoms with Crippen LogP contribution in [0.25, 0.3) is 0 Å². The fraction of sp³-hybridized carbons (Fsp3) is 0.789. The van der Waals surface area contributed by atoms with Crippen LogP contribution in [0.2, 0.25) is 0 Å². The predicted octanol–water partition coefficient (Wildman–Crippen LogP) is 4.14. The van der Waals surface area contributed by atoms with Gasteiger partial charge in [-0.05, 0) is 56.9 Å². The molecule has 0 amide bonds. The zero-order valence-electron chi connectivity index (χ0n) is 16.4. The second kappa shape index (κ2) is 11.0. The summed E-state index contributed by atoms with van der Waals surface area (Å²) < 4.78 is 0. The maximum atomic E-state index is 4.89. The summed E-state index contributed by atoms with van der Waals surface area (Å²) in [5, 5.41) is 10.6. The van der Waals surface area contributed by atoms with E-state index >= 15 is 0 Å². The van der Waals surface area contributed by atoms with Crippen molar-refractivity contribution in [3.8, 4) is 0 Å². The number of nitrogens with one attached hydrogen (secondary N) is 2. The number of aryl methyl sites for hydroxylation is 2. The number of aromatic amines is 1. The first-order chi connectivity index (χ1) is 11.6. The molecular formula is C19H36IN5. The normalized spacial score (nSPS) is 21.1. The van der Waals surface area contributed by atoms with E-state index in [1.54, 1.807) is 0 Å². The van der Waals surface area contributed by atoms with E-state index in [0.717, 1.165) is 45.0 Å². The fourth-order valence-electron chi connectivity index (χ4n) is 3.81. The van der Waals surface area contributed by atoms with E-state index in [4.69, 9.17) is 4.99 Å². The first kappa shape index (κ1) is 22.3. The fourth-order valence-corrected chi connectivity index (χ4v) is 3.81. The van der Waals surface area contributed by atoms with E-state index in [2.05, 4.69) is 48.1 Å². The first-order valence-corrected chi connectivity index (χ1v) is 9.60. The molecule has 5 nitrogen and oxygen atoms in total. The van der Waals surface area contributed by atoms with Crippen molar-refractivity contribution >= 4 is 29.9 Å². The molecule has 1 aliphatic heterocycles. The van der Waals surface area contributed by atoms with Gasteiger partial charge in [0.15, 0.2) is 5.96 Å². The summed E-state index contributed by atoms with van der Waals surface area (Å²) in [7, 11) is 0. The van der Waals surface area contributed by atoms with Gasteiger partial charge in [0.1, 0.15) is 0 Å². The number of halogens is 1. The molecule has 2 rings (SSSR count). The molecule has 6 heteroatoms. The van der Waals surface area contributed by atoms with Crippen molar-refractivity contribution in [3.05, 3.63) is 17.5 Å². The first-order valence-electron chi connectivity index (χ1n) is 9.60. The van der Waals surface area contributed by atoms with Gasteiger partial charge < -0.3 is 10.2 Å². The van der Waals surface area contributed by atoms with Crippen LogP contribution >= 0.6 is 24.0 Å². The highest BCUT2D eigenvalue weighted by Crippen LogP contribution is 2.33. The molecule has 2 N–H and O–H groups in total. The molecule has 1 aliphatic rings. The van der Waals surface area contributed by atoms with Gasteiger partial charge in [0, 0.05) is 31.9 Å². The van der Waals surface area contributed by atoms with Crippen molar-refractivity contribution in [2.45, 2.75) is 66.2 Å². The number of H-pyrrole nitrogens is 1. The maximum absolute atomic E-state index is 4.89. The molecule has 0 aliphatic carbocycles. The molecule has 0 aromatic carbocycles. The molecule has 1 saturated heterocycles. The third-order valence-electron chi connectivity index (χ3n) is 5.07. The Morgan fingerprint density at radius 2 is 2.24 bits per heavy atom. The summed E-state index contributed by atoms with van der Waals surface area (Å²) in [6.45, 7) is 13.0. The van der Waals surface area contributed by atoms with Crippen LogP contribution < -0.4 is 5.32 Å². The van der Waals surface area contributed by atoms with E-state index in [1.807, 2.05) is 6.20 Å². The van der Waals surface area contributed by atoms with Crippen LogP contribution in [0.15, 0.2) is 11.2 Å². The minimum absolute atomic E-state index is 0. The van der Waals surface area contributed by atoms with Gasteiger partial charge in [-0.2, -0.15) is 5.10 Å². The van der Waals surface area contributed by atoms with Gasteiger partial charge in [0.2, 0.25) is 0 Å². The van der Waals surface area contributed by atoms with E-state index in [0.29, 0.717) is 5.41 Å². The van der Waals surface area contributed by atoms with Crippen molar-refractivity contribution < 1.29 is 0 Å². The molecule has 0 spiro atoms. The number of guanidine groups is 1. The Kier molecular flexibility index (Phi) is 9.82. The van der Waals surface area contributed by atoms with Crippen molar-refractivity contribution in [1.82, 2.24) is 20.4 Å². The highest BCUT2D eigenvalue weighted by atomic mass is 127. The summed E-state index contributed by atoms with van der Waals surface area (Å²) in [5.41, 5.74) is 2.93. The number of hydrogen-bond acceptors (Lipinski definition) is 2. The SMILES string of the molecule is CCCC1(C)CCCN(C(=NCCCc2cn[nH]c2C)NCC)C1.I. The van der Waals surface area contributed by atoms with Gasteiger partial charge >= 0.3 is 0 Å². The summed E-state index contributed by atoms with van der Waals surface area (Å²) in [6, 6.07) is 0. The molecule has 1 unspecified atom stereocenters. The van der Waals surface area contributed by atoms with Gasteiger partial charge in [-0.25, -0.2) is 0 Å². The average Bonchev–Trinajstić information content (AvgIpc) is 2.95. The molecule has 0 radical (unpaired) electrons. The second-order valence-corrected chi connectivity index (χ2v) is 7.45. The third-order valence-corrected chi connectivity index (χ3v) is 5.07. The van der Waals surface area contributed by atoms with E-state index in [-0.39, 0.29) is 24.0 Å². The van der Waals surface area contributed by atoms with Gasteiger partial charge in [-0.3, -0.25) is 10.1 Å². The predicted molar refractivity (Wildman–Crippen MR) is 117 cm³/mol. The molecule has 1 aromatic heterocycles. The second-order valence-electron chi connectivity index (χ2n) is 7.45. The monoisotopic (exact) mass is 461 g/mol. The molecule has 0 bridgehead atoms. The van der Waals surface area contributed by atoms with E-state index in [9.17, 15) is 0 Å². The van der Waals surface area contributed by atoms with Crippen LogP contribution in [0.3, 0.4) is 0 Å². The smallest absolute Gasteiger partial charge is 0.193 e. The lowest BCUT2D eigenvalue weighted by Gasteiger charge is -2.42. The molecule has 2 heterocycles. The molecule has 1 atom stereocenters. The Morgan fingerprint density at radius 1 is 1.44 bits per heavy atom. The Morgan fingerprint density at radius 3 is 2.88 bits per heavy atom. The highest BCUT2D eigenvalue weighted by molar-refractivity contribution is 14.0. The largest absolute Gasteiger partial charge is 0.357 e. The summed E-state index contributed by atoms with van der Waals surface area (Å²) in [6.07, 6.45) is 9.23. The highest BCUT2D eigenvalue weighted by Gasteiger charge is 2.31. The van der Waals surface area contributed by atoms with Crippen molar-refractivity contribution in [3.63, 3.8) is 0 Å². The van der Waals surface area contributed by atoms with Crippen molar-refractivity contribution in [2.75, 3.05) is 26.2 Å². The Balaban J connectivity index is 0.00000312. The lowest BCUT2D eigenvalue weighted by atomic mass is 9.78. The molecule has 1 aromatic rings. The Hall–Kier alpha value is -0.790. The Labute approximate surface area is 170 Å². The minimum Gasteiger partial charge on any atom is -0.357 e. The van der Waals surface area contributed by atoms with Crippen molar-refractivity contribution in [1.29, 1.82) is 0 Å². The maximum Gasteiger partial charge on any atom is 0.193 e. The van der Waals surface area contributed by atoms with Crippen LogP contribution in [0.5, 0.6) is 0 Å². The standard InChI is InChI=1S/C19H35N5.HI/c1-5-10-19(4)11-8-13-24(15-19)18(20-6-2)21-12-7-9-17-14-22-23-16(17)3;/h14H,5-13,15H2,1-4H3,(H,20,21)(H,22,23);1H. The van der Waals surface area contributed by atoms with Crippen LogP contribution in [0.1, 0.15) is 64.1 Å². The minimum atomic E-state index is 0. The number of piperidine rings is 1. The molecule has 0 saturated carbocycles. The lowest BCUT2D eigenvalue weighted by Crippen LogP contribution is -2.49. The number of aliphatic imine (C=N–C) groups is 1. The number of hydrogen-bond donors (Lipinski definition) is 2. The average molecular weight is 461 g/mol. The topological polar surface area (TPSA) is 56.3 Å². The molecule has 144 valence electrons. The zero-order chi connectivity index (χ0) is 17.4. The van der Waals surface area contributed by atoms with Gasteiger partial charge in [0.05, 0.1) is 6.20 Å². The molecule has 25 heavy (non-hydrogen) atoms. The van der Waals surface area contributed by atoms with Crippen LogP contribution in [-0.4, -0.2) is 47.2 Å². The summed E-state index contributed by atoms with van der Waals surface area (Å²) in [4.78, 5) is 7.37. The van der Waals surface area contributed by atoms with Gasteiger partial charge in [-0.15, -0.1) is 24.0 Å². The van der Waals surface area contributed by atoms with E-state index < -0.39 is 0 Å². The lowest BCUT2D eigenvalue weighted by molar-refractivity contribution is 0.142. The van der Waals surface area contributed by atoms with Crippen LogP contribution in [0.4, 0.5) is 0 Å². The number of likely N-dealkylation sites (tertiary alicyclic amines) is 1. The third kappa shape index (κ3) is 6.79. The van der Waals surface area contributed by atoms with Crippen molar-refractivity contribution in [2.24, 2.45) is 10.4 Å². The number of aromatic nitrogens is 2. The summed E-state index contributed by atoms with van der Waals surface area (Å²) >= 11 is 0. The van der Waals surface area contributed by atoms with Crippen LogP contribution in [0, 0.1) is 12.3 Å². The van der Waals surface area contributed by atoms with Crippen LogP contribution in [-0.2, 0) is 6.42 Å². The van der Waals surface area contributed by atoms with Gasteiger partial charge in [0.25, 0.3) is 0 Å². The Bertz CT molecular complexity index is 524. The number of rotatable bonds is 7. The quantitative estimate of drug-likeness (QED) is 0.278. The molecule has 1 fully saturated rings. The number of nitrogens with zero attached hydrogens (tertiary/aromatic N) is 3. The summed E-state index contributed by atoms with van der Waals surface area (Å²) in [5.74, 6) is 1.10.